The number of hydrogen-bond acceptors (Lipinski definition) is 6. The van der Waals surface area contributed by atoms with E-state index in [1.807, 2.05) is 57.2 Å². The van der Waals surface area contributed by atoms with Crippen molar-refractivity contribution in [3.63, 3.8) is 0 Å². The number of carbonyl (C=O) groups excluding carboxylic acids is 1. The second-order valence-corrected chi connectivity index (χ2v) is 9.86. The molecule has 2 aromatic rings. The van der Waals surface area contributed by atoms with Gasteiger partial charge in [0, 0.05) is 71.2 Å². The normalized spacial score (nSPS) is 12.6. The van der Waals surface area contributed by atoms with Gasteiger partial charge in [-0.3, -0.25) is 4.79 Å². The van der Waals surface area contributed by atoms with Crippen molar-refractivity contribution in [2.75, 3.05) is 31.9 Å². The van der Waals surface area contributed by atoms with Gasteiger partial charge in [0.1, 0.15) is 0 Å². The van der Waals surface area contributed by atoms with E-state index in [-0.39, 0.29) is 5.91 Å². The third-order valence-corrected chi connectivity index (χ3v) is 7.16. The molecule has 0 bridgehead atoms. The molecular weight excluding hydrogens is 496 g/mol. The topological polar surface area (TPSA) is 115 Å². The maximum Gasteiger partial charge on any atom is 0.251 e. The average molecular weight is 537 g/mol. The molecule has 1 aliphatic carbocycles. The van der Waals surface area contributed by atoms with Crippen LogP contribution in [0.2, 0.25) is 0 Å². The molecule has 0 spiro atoms. The average Bonchev–Trinajstić information content (AvgIpc) is 2.94. The monoisotopic (exact) mass is 536 g/mol. The third kappa shape index (κ3) is 7.23. The number of benzene rings is 2. The number of nitriles is 1. The first-order valence-corrected chi connectivity index (χ1v) is 13.5. The van der Waals surface area contributed by atoms with Crippen LogP contribution in [0.15, 0.2) is 84.6 Å². The number of rotatable bonds is 13. The summed E-state index contributed by atoms with van der Waals surface area (Å²) in [6.07, 6.45) is 3.76. The Morgan fingerprint density at radius 1 is 0.850 bits per heavy atom. The molecule has 208 valence electrons. The van der Waals surface area contributed by atoms with E-state index in [0.717, 1.165) is 68.9 Å². The molecule has 1 amide bonds. The van der Waals surface area contributed by atoms with Gasteiger partial charge in [-0.2, -0.15) is 5.26 Å². The molecule has 0 heterocycles. The van der Waals surface area contributed by atoms with Crippen molar-refractivity contribution >= 4 is 23.0 Å². The summed E-state index contributed by atoms with van der Waals surface area (Å²) in [7, 11) is 0. The third-order valence-electron chi connectivity index (χ3n) is 7.16. The van der Waals surface area contributed by atoms with Gasteiger partial charge >= 0.3 is 0 Å². The molecule has 0 fully saturated rings. The van der Waals surface area contributed by atoms with E-state index in [1.165, 1.54) is 0 Å². The number of allylic oxidation sites excluding steroid dienone is 3. The first-order chi connectivity index (χ1) is 19.1. The van der Waals surface area contributed by atoms with Gasteiger partial charge < -0.3 is 27.0 Å². The van der Waals surface area contributed by atoms with E-state index >= 15 is 0 Å². The zero-order chi connectivity index (χ0) is 29.2. The molecule has 7 nitrogen and oxygen atoms in total. The van der Waals surface area contributed by atoms with Gasteiger partial charge in [-0.15, -0.1) is 0 Å². The molecule has 0 radical (unpaired) electrons. The van der Waals surface area contributed by atoms with Crippen LogP contribution >= 0.6 is 0 Å². The summed E-state index contributed by atoms with van der Waals surface area (Å²) in [5.41, 5.74) is 16.2. The quantitative estimate of drug-likeness (QED) is 0.180. The summed E-state index contributed by atoms with van der Waals surface area (Å²) in [4.78, 5) is 12.9. The number of anilines is 1. The van der Waals surface area contributed by atoms with Crippen LogP contribution in [0.4, 0.5) is 5.69 Å². The van der Waals surface area contributed by atoms with Crippen molar-refractivity contribution in [3.8, 4) is 6.07 Å². The number of para-hydroxylation sites is 1. The van der Waals surface area contributed by atoms with Crippen molar-refractivity contribution in [1.82, 2.24) is 21.3 Å². The van der Waals surface area contributed by atoms with Gasteiger partial charge in [-0.05, 0) is 62.0 Å². The highest BCUT2D eigenvalue weighted by Crippen LogP contribution is 2.28. The molecule has 0 atom stereocenters. The standard InChI is InChI=1S/C33H40N6O/c1-21-10-7-15-31(32(21)35)26(6)38-18-19-39-33(40)30-14-9-13-29(23(30)3)25(5)37-17-16-36-24(4)28-12-8-11-27(20-34)22(28)2/h7,9-10,12-15,36-38H,4-6,8,11,16-19,35H2,1-3H3,(H,39,40). The number of nitrogen functional groups attached to an aromatic ring is 1. The lowest BCUT2D eigenvalue weighted by Gasteiger charge is -2.20. The lowest BCUT2D eigenvalue weighted by molar-refractivity contribution is 0.0953. The summed E-state index contributed by atoms with van der Waals surface area (Å²) in [6.45, 7) is 20.5. The van der Waals surface area contributed by atoms with Gasteiger partial charge in [0.05, 0.1) is 6.07 Å². The molecular formula is C33H40N6O. The zero-order valence-electron chi connectivity index (χ0n) is 23.8. The second-order valence-electron chi connectivity index (χ2n) is 9.86. The van der Waals surface area contributed by atoms with E-state index in [0.29, 0.717) is 37.4 Å². The Kier molecular flexibility index (Phi) is 10.4. The Bertz CT molecular complexity index is 1420. The molecule has 2 aromatic carbocycles. The molecule has 0 unspecified atom stereocenters. The molecule has 1 aliphatic rings. The highest BCUT2D eigenvalue weighted by Gasteiger charge is 2.15. The van der Waals surface area contributed by atoms with Crippen molar-refractivity contribution in [3.05, 3.63) is 112 Å². The number of hydrogen-bond donors (Lipinski definition) is 5. The molecule has 0 saturated heterocycles. The Labute approximate surface area is 238 Å². The number of amides is 1. The molecule has 0 saturated carbocycles. The minimum atomic E-state index is -0.145. The Balaban J connectivity index is 1.47. The largest absolute Gasteiger partial charge is 0.398 e. The van der Waals surface area contributed by atoms with Gasteiger partial charge in [0.25, 0.3) is 5.91 Å². The van der Waals surface area contributed by atoms with Gasteiger partial charge in [0.15, 0.2) is 0 Å². The van der Waals surface area contributed by atoms with Crippen molar-refractivity contribution in [1.29, 1.82) is 5.26 Å². The smallest absolute Gasteiger partial charge is 0.251 e. The lowest BCUT2D eigenvalue weighted by atomic mass is 9.91. The summed E-state index contributed by atoms with van der Waals surface area (Å²) >= 11 is 0. The van der Waals surface area contributed by atoms with Crippen LogP contribution < -0.4 is 27.0 Å². The van der Waals surface area contributed by atoms with Gasteiger partial charge in [-0.1, -0.05) is 56.1 Å². The summed E-state index contributed by atoms with van der Waals surface area (Å²) < 4.78 is 0. The second kappa shape index (κ2) is 13.9. The Morgan fingerprint density at radius 3 is 2.08 bits per heavy atom. The van der Waals surface area contributed by atoms with Crippen LogP contribution in [0.1, 0.15) is 52.4 Å². The van der Waals surface area contributed by atoms with Crippen molar-refractivity contribution in [2.24, 2.45) is 0 Å². The van der Waals surface area contributed by atoms with Gasteiger partial charge in [-0.25, -0.2) is 0 Å². The molecule has 0 aromatic heterocycles. The first-order valence-electron chi connectivity index (χ1n) is 13.5. The number of aryl methyl sites for hydroxylation is 1. The zero-order valence-corrected chi connectivity index (χ0v) is 23.8. The van der Waals surface area contributed by atoms with Crippen LogP contribution in [0.25, 0.3) is 11.4 Å². The van der Waals surface area contributed by atoms with Crippen molar-refractivity contribution in [2.45, 2.75) is 33.6 Å². The fourth-order valence-electron chi connectivity index (χ4n) is 4.70. The van der Waals surface area contributed by atoms with Crippen LogP contribution in [-0.2, 0) is 0 Å². The predicted molar refractivity (Wildman–Crippen MR) is 166 cm³/mol. The van der Waals surface area contributed by atoms with Gasteiger partial charge in [0.2, 0.25) is 0 Å². The number of nitrogens with two attached hydrogens (primary N) is 1. The first kappa shape index (κ1) is 29.9. The Hall–Kier alpha value is -4.70. The highest BCUT2D eigenvalue weighted by molar-refractivity contribution is 5.96. The summed E-state index contributed by atoms with van der Waals surface area (Å²) in [5, 5.41) is 22.2. The minimum Gasteiger partial charge on any atom is -0.398 e. The van der Waals surface area contributed by atoms with E-state index < -0.39 is 0 Å². The lowest BCUT2D eigenvalue weighted by Crippen LogP contribution is -2.32. The van der Waals surface area contributed by atoms with Crippen molar-refractivity contribution < 1.29 is 4.79 Å². The van der Waals surface area contributed by atoms with Crippen LogP contribution in [0.5, 0.6) is 0 Å². The fraction of sp³-hybridized carbons (Fsp3) is 0.273. The van der Waals surface area contributed by atoms with E-state index in [9.17, 15) is 10.1 Å². The number of nitrogens with zero attached hydrogens (tertiary/aromatic N) is 1. The molecule has 0 aliphatic heterocycles. The molecule has 40 heavy (non-hydrogen) atoms. The highest BCUT2D eigenvalue weighted by atomic mass is 16.1. The van der Waals surface area contributed by atoms with E-state index in [2.05, 4.69) is 53.1 Å². The maximum absolute atomic E-state index is 12.9. The number of carbonyl (C=O) groups is 1. The molecule has 7 heteroatoms. The summed E-state index contributed by atoms with van der Waals surface area (Å²) in [6, 6.07) is 13.8. The van der Waals surface area contributed by atoms with Crippen LogP contribution in [0, 0.1) is 25.2 Å². The number of nitrogens with one attached hydrogen (secondary N) is 4. The predicted octanol–water partition coefficient (Wildman–Crippen LogP) is 5.10. The summed E-state index contributed by atoms with van der Waals surface area (Å²) in [5.74, 6) is -0.145. The molecule has 3 rings (SSSR count). The minimum absolute atomic E-state index is 0.145. The van der Waals surface area contributed by atoms with E-state index in [4.69, 9.17) is 5.73 Å². The van der Waals surface area contributed by atoms with Crippen LogP contribution in [-0.4, -0.2) is 32.1 Å². The van der Waals surface area contributed by atoms with E-state index in [1.54, 1.807) is 0 Å². The fourth-order valence-corrected chi connectivity index (χ4v) is 4.70. The SMILES string of the molecule is C=C(NCCNC(=C)c1cccc(C(=O)NCCNC(=C)c2cccc(C)c2N)c1C)C1=CCCC(C#N)=C1C. The molecule has 6 N–H and O–H groups in total. The maximum atomic E-state index is 12.9. The van der Waals surface area contributed by atoms with Crippen LogP contribution in [0.3, 0.4) is 0 Å². The Morgan fingerprint density at radius 2 is 1.40 bits per heavy atom.